The summed E-state index contributed by atoms with van der Waals surface area (Å²) in [6.07, 6.45) is 3.05. The lowest BCUT2D eigenvalue weighted by Gasteiger charge is -2.09. The van der Waals surface area contributed by atoms with E-state index in [1.165, 1.54) is 12.5 Å². The monoisotopic (exact) mass is 451 g/mol. The molecule has 2 aromatic carbocycles. The van der Waals surface area contributed by atoms with Crippen LogP contribution in [-0.2, 0) is 17.9 Å². The second-order valence-electron chi connectivity index (χ2n) is 7.30. The summed E-state index contributed by atoms with van der Waals surface area (Å²) in [6, 6.07) is 14.7. The molecule has 8 nitrogen and oxygen atoms in total. The van der Waals surface area contributed by atoms with Crippen LogP contribution in [0.25, 0.3) is 11.0 Å². The van der Waals surface area contributed by atoms with E-state index in [2.05, 4.69) is 15.4 Å². The molecule has 32 heavy (non-hydrogen) atoms. The molecule has 1 N–H and O–H groups in total. The van der Waals surface area contributed by atoms with Gasteiger partial charge in [-0.25, -0.2) is 9.67 Å². The van der Waals surface area contributed by atoms with Gasteiger partial charge in [-0.05, 0) is 42.3 Å². The van der Waals surface area contributed by atoms with Crippen molar-refractivity contribution in [2.45, 2.75) is 20.0 Å². The molecule has 0 saturated carbocycles. The van der Waals surface area contributed by atoms with Crippen molar-refractivity contribution in [3.05, 3.63) is 87.6 Å². The molecule has 0 radical (unpaired) electrons. The first-order chi connectivity index (χ1) is 15.5. The van der Waals surface area contributed by atoms with E-state index in [0.29, 0.717) is 41.4 Å². The van der Waals surface area contributed by atoms with Gasteiger partial charge in [-0.1, -0.05) is 35.9 Å². The minimum atomic E-state index is -0.259. The van der Waals surface area contributed by atoms with Gasteiger partial charge in [0.15, 0.2) is 12.3 Å². The zero-order valence-corrected chi connectivity index (χ0v) is 18.2. The number of halogens is 1. The Morgan fingerprint density at radius 3 is 2.72 bits per heavy atom. The quantitative estimate of drug-likeness (QED) is 0.445. The Bertz CT molecular complexity index is 1300. The fourth-order valence-corrected chi connectivity index (χ4v) is 3.40. The highest BCUT2D eigenvalue weighted by molar-refractivity contribution is 6.30. The lowest BCUT2D eigenvalue weighted by molar-refractivity contribution is -0.123. The standard InChI is InChI=1S/C23H22ClN5O3/c1-16-4-2-3-5-17(16)13-28-15-26-22-20(23(28)31)12-27-29(22)11-10-25-21(30)14-32-19-8-6-18(24)7-9-19/h2-9,12,15H,10-11,13-14H2,1H3,(H,25,30). The van der Waals surface area contributed by atoms with Crippen LogP contribution in [0.1, 0.15) is 11.1 Å². The van der Waals surface area contributed by atoms with Gasteiger partial charge in [0.1, 0.15) is 17.5 Å². The van der Waals surface area contributed by atoms with Gasteiger partial charge in [-0.15, -0.1) is 0 Å². The summed E-state index contributed by atoms with van der Waals surface area (Å²) in [6.45, 7) is 3.06. The number of carbonyl (C=O) groups is 1. The van der Waals surface area contributed by atoms with Crippen LogP contribution in [0.3, 0.4) is 0 Å². The molecule has 164 valence electrons. The van der Waals surface area contributed by atoms with Gasteiger partial charge < -0.3 is 10.1 Å². The Kier molecular flexibility index (Phi) is 6.51. The number of fused-ring (bicyclic) bond motifs is 1. The van der Waals surface area contributed by atoms with E-state index in [1.54, 1.807) is 33.5 Å². The predicted octanol–water partition coefficient (Wildman–Crippen LogP) is 2.80. The van der Waals surface area contributed by atoms with Gasteiger partial charge in [-0.2, -0.15) is 5.10 Å². The van der Waals surface area contributed by atoms with Crippen molar-refractivity contribution in [3.63, 3.8) is 0 Å². The molecule has 0 bridgehead atoms. The van der Waals surface area contributed by atoms with Crippen LogP contribution in [0.4, 0.5) is 0 Å². The van der Waals surface area contributed by atoms with Crippen molar-refractivity contribution >= 4 is 28.5 Å². The van der Waals surface area contributed by atoms with Crippen molar-refractivity contribution in [1.82, 2.24) is 24.6 Å². The summed E-state index contributed by atoms with van der Waals surface area (Å²) < 4.78 is 8.60. The van der Waals surface area contributed by atoms with Crippen LogP contribution in [-0.4, -0.2) is 38.4 Å². The maximum atomic E-state index is 12.9. The number of ether oxygens (including phenoxy) is 1. The molecular formula is C23H22ClN5O3. The molecule has 0 aliphatic rings. The van der Waals surface area contributed by atoms with Gasteiger partial charge in [0.25, 0.3) is 11.5 Å². The largest absolute Gasteiger partial charge is 0.484 e. The molecule has 1 amide bonds. The minimum absolute atomic E-state index is 0.108. The first-order valence-electron chi connectivity index (χ1n) is 10.1. The number of aromatic nitrogens is 4. The van der Waals surface area contributed by atoms with Gasteiger partial charge in [0, 0.05) is 11.6 Å². The van der Waals surface area contributed by atoms with Crippen LogP contribution in [0.15, 0.2) is 65.8 Å². The third kappa shape index (κ3) is 4.97. The third-order valence-electron chi connectivity index (χ3n) is 5.05. The summed E-state index contributed by atoms with van der Waals surface area (Å²) in [5.41, 5.74) is 2.52. The third-order valence-corrected chi connectivity index (χ3v) is 5.31. The highest BCUT2D eigenvalue weighted by atomic mass is 35.5. The lowest BCUT2D eigenvalue weighted by atomic mass is 10.1. The number of amides is 1. The normalized spacial score (nSPS) is 10.9. The minimum Gasteiger partial charge on any atom is -0.484 e. The Morgan fingerprint density at radius 1 is 1.16 bits per heavy atom. The van der Waals surface area contributed by atoms with E-state index in [-0.39, 0.29) is 18.1 Å². The molecule has 2 aromatic heterocycles. The zero-order valence-electron chi connectivity index (χ0n) is 17.5. The van der Waals surface area contributed by atoms with Gasteiger partial charge in [-0.3, -0.25) is 14.2 Å². The smallest absolute Gasteiger partial charge is 0.264 e. The summed E-state index contributed by atoms with van der Waals surface area (Å²) >= 11 is 5.83. The summed E-state index contributed by atoms with van der Waals surface area (Å²) in [5.74, 6) is 0.304. The maximum Gasteiger partial charge on any atom is 0.264 e. The van der Waals surface area contributed by atoms with Crippen molar-refractivity contribution in [2.24, 2.45) is 0 Å². The molecule has 0 aliphatic carbocycles. The second kappa shape index (κ2) is 9.65. The maximum absolute atomic E-state index is 12.9. The second-order valence-corrected chi connectivity index (χ2v) is 7.74. The number of aryl methyl sites for hydroxylation is 1. The number of carbonyl (C=O) groups excluding carboxylic acids is 1. The lowest BCUT2D eigenvalue weighted by Crippen LogP contribution is -2.31. The van der Waals surface area contributed by atoms with E-state index in [4.69, 9.17) is 16.3 Å². The van der Waals surface area contributed by atoms with E-state index < -0.39 is 0 Å². The SMILES string of the molecule is Cc1ccccc1Cn1cnc2c(cnn2CCNC(=O)COc2ccc(Cl)cc2)c1=O. The van der Waals surface area contributed by atoms with Crippen molar-refractivity contribution in [3.8, 4) is 5.75 Å². The summed E-state index contributed by atoms with van der Waals surface area (Å²) in [5, 5.41) is 8.08. The molecule has 4 aromatic rings. The number of hydrogen-bond acceptors (Lipinski definition) is 5. The highest BCUT2D eigenvalue weighted by Crippen LogP contribution is 2.15. The van der Waals surface area contributed by atoms with Crippen molar-refractivity contribution in [1.29, 1.82) is 0 Å². The molecule has 2 heterocycles. The summed E-state index contributed by atoms with van der Waals surface area (Å²) in [4.78, 5) is 29.3. The number of nitrogens with zero attached hydrogens (tertiary/aromatic N) is 4. The van der Waals surface area contributed by atoms with Gasteiger partial charge in [0.2, 0.25) is 0 Å². The fourth-order valence-electron chi connectivity index (χ4n) is 3.28. The molecule has 0 atom stereocenters. The van der Waals surface area contributed by atoms with E-state index in [0.717, 1.165) is 11.1 Å². The van der Waals surface area contributed by atoms with E-state index in [9.17, 15) is 9.59 Å². The molecule has 0 saturated heterocycles. The van der Waals surface area contributed by atoms with Crippen molar-refractivity contribution < 1.29 is 9.53 Å². The molecule has 0 unspecified atom stereocenters. The van der Waals surface area contributed by atoms with Crippen LogP contribution in [0.5, 0.6) is 5.75 Å². The first-order valence-corrected chi connectivity index (χ1v) is 10.5. The van der Waals surface area contributed by atoms with Gasteiger partial charge >= 0.3 is 0 Å². The fraction of sp³-hybridized carbons (Fsp3) is 0.217. The number of rotatable bonds is 8. The van der Waals surface area contributed by atoms with Crippen LogP contribution >= 0.6 is 11.6 Å². The zero-order chi connectivity index (χ0) is 22.5. The number of benzene rings is 2. The number of nitrogens with one attached hydrogen (secondary N) is 1. The average Bonchev–Trinajstić information content (AvgIpc) is 3.20. The summed E-state index contributed by atoms with van der Waals surface area (Å²) in [7, 11) is 0. The number of hydrogen-bond donors (Lipinski definition) is 1. The van der Waals surface area contributed by atoms with Gasteiger partial charge in [0.05, 0.1) is 19.3 Å². The Balaban J connectivity index is 1.35. The molecule has 0 fully saturated rings. The topological polar surface area (TPSA) is 91.0 Å². The molecule has 0 spiro atoms. The predicted molar refractivity (Wildman–Crippen MR) is 122 cm³/mol. The Labute approximate surface area is 189 Å². The van der Waals surface area contributed by atoms with Crippen molar-refractivity contribution in [2.75, 3.05) is 13.2 Å². The first kappa shape index (κ1) is 21.6. The highest BCUT2D eigenvalue weighted by Gasteiger charge is 2.11. The molecule has 4 rings (SSSR count). The molecule has 0 aliphatic heterocycles. The Morgan fingerprint density at radius 2 is 1.94 bits per heavy atom. The van der Waals surface area contributed by atoms with Crippen LogP contribution in [0.2, 0.25) is 5.02 Å². The van der Waals surface area contributed by atoms with E-state index in [1.807, 2.05) is 31.2 Å². The van der Waals surface area contributed by atoms with Crippen LogP contribution < -0.4 is 15.6 Å². The Hall–Kier alpha value is -3.65. The van der Waals surface area contributed by atoms with Crippen LogP contribution in [0, 0.1) is 6.92 Å². The molecule has 9 heteroatoms. The van der Waals surface area contributed by atoms with E-state index >= 15 is 0 Å². The molecular weight excluding hydrogens is 430 g/mol. The average molecular weight is 452 g/mol.